The van der Waals surface area contributed by atoms with Crippen LogP contribution in [0.2, 0.25) is 0 Å². The first-order valence-electron chi connectivity index (χ1n) is 2.90. The number of nitrogens with zero attached hydrogens (tertiary/aromatic N) is 3. The number of hydrogen-bond acceptors (Lipinski definition) is 3. The number of fused-ring (bicyclic) bond motifs is 1. The van der Waals surface area contributed by atoms with Gasteiger partial charge in [-0.05, 0) is 6.07 Å². The Hall–Kier alpha value is -1.58. The molecule has 2 N–H and O–H groups in total. The van der Waals surface area contributed by atoms with Crippen molar-refractivity contribution in [1.29, 1.82) is 0 Å². The van der Waals surface area contributed by atoms with Gasteiger partial charge in [0.15, 0.2) is 0 Å². The van der Waals surface area contributed by atoms with Crippen LogP contribution in [0.3, 0.4) is 0 Å². The lowest BCUT2D eigenvalue weighted by molar-refractivity contribution is 0.932. The van der Waals surface area contributed by atoms with Gasteiger partial charge in [-0.2, -0.15) is 0 Å². The molecule has 0 atom stereocenters. The van der Waals surface area contributed by atoms with Crippen molar-refractivity contribution in [3.63, 3.8) is 0 Å². The van der Waals surface area contributed by atoms with E-state index in [0.717, 1.165) is 11.4 Å². The zero-order valence-electron chi connectivity index (χ0n) is 5.23. The first-order valence-corrected chi connectivity index (χ1v) is 2.90. The molecule has 10 heavy (non-hydrogen) atoms. The van der Waals surface area contributed by atoms with E-state index in [2.05, 4.69) is 9.97 Å². The van der Waals surface area contributed by atoms with Gasteiger partial charge < -0.3 is 5.84 Å². The molecule has 0 saturated heterocycles. The molecule has 4 nitrogen and oxygen atoms in total. The Labute approximate surface area is 57.6 Å². The van der Waals surface area contributed by atoms with Crippen molar-refractivity contribution < 1.29 is 0 Å². The third-order valence-electron chi connectivity index (χ3n) is 1.31. The molecule has 0 bridgehead atoms. The zero-order valence-corrected chi connectivity index (χ0v) is 5.23. The quantitative estimate of drug-likeness (QED) is 0.520. The molecule has 0 aromatic rings. The van der Waals surface area contributed by atoms with Gasteiger partial charge in [0.25, 0.3) is 0 Å². The Morgan fingerprint density at radius 3 is 3.10 bits per heavy atom. The maximum absolute atomic E-state index is 5.40. The summed E-state index contributed by atoms with van der Waals surface area (Å²) in [5, 5.41) is 0. The van der Waals surface area contributed by atoms with Crippen molar-refractivity contribution in [3.8, 4) is 11.4 Å². The molecule has 50 valence electrons. The molecule has 0 aliphatic carbocycles. The van der Waals surface area contributed by atoms with Crippen LogP contribution in [-0.2, 0) is 0 Å². The Kier molecular flexibility index (Phi) is 0.887. The van der Waals surface area contributed by atoms with Gasteiger partial charge in [-0.25, -0.2) is 4.98 Å². The monoisotopic (exact) mass is 134 g/mol. The summed E-state index contributed by atoms with van der Waals surface area (Å²) in [7, 11) is 0. The molecule has 2 rings (SSSR count). The highest BCUT2D eigenvalue weighted by Crippen LogP contribution is 2.13. The second kappa shape index (κ2) is 1.70. The fourth-order valence-electron chi connectivity index (χ4n) is 0.852. The highest BCUT2D eigenvalue weighted by atomic mass is 15.3. The molecule has 0 aromatic heterocycles. The zero-order chi connectivity index (χ0) is 6.97. The Morgan fingerprint density at radius 2 is 2.20 bits per heavy atom. The number of nitrogen functional groups attached to an aromatic ring is 1. The van der Waals surface area contributed by atoms with Crippen molar-refractivity contribution in [2.75, 3.05) is 5.84 Å². The SMILES string of the molecule is Nn1cnc2ccnc-2c1. The minimum atomic E-state index is 0.824. The molecule has 0 amide bonds. The van der Waals surface area contributed by atoms with Gasteiger partial charge in [0.05, 0.1) is 11.9 Å². The molecule has 4 heteroatoms. The molecule has 2 heterocycles. The summed E-state index contributed by atoms with van der Waals surface area (Å²) >= 11 is 0. The summed E-state index contributed by atoms with van der Waals surface area (Å²) in [6.07, 6.45) is 4.98. The van der Waals surface area contributed by atoms with Crippen LogP contribution in [0.25, 0.3) is 11.4 Å². The van der Waals surface area contributed by atoms with Crippen molar-refractivity contribution in [1.82, 2.24) is 14.6 Å². The van der Waals surface area contributed by atoms with E-state index in [0.29, 0.717) is 0 Å². The molecular weight excluding hydrogens is 128 g/mol. The maximum Gasteiger partial charge on any atom is 0.114 e. The molecule has 0 spiro atoms. The third kappa shape index (κ3) is 0.621. The largest absolute Gasteiger partial charge is 0.338 e. The van der Waals surface area contributed by atoms with Gasteiger partial charge in [0.2, 0.25) is 0 Å². The number of nitrogens with two attached hydrogens (primary N) is 1. The first-order chi connectivity index (χ1) is 4.86. The topological polar surface area (TPSA) is 56.7 Å². The van der Waals surface area contributed by atoms with Gasteiger partial charge in [-0.15, -0.1) is 0 Å². The van der Waals surface area contributed by atoms with Crippen molar-refractivity contribution in [3.05, 3.63) is 24.8 Å². The second-order valence-electron chi connectivity index (χ2n) is 2.04. The normalized spacial score (nSPS) is 10.4. The highest BCUT2D eigenvalue weighted by Gasteiger charge is 2.02. The first kappa shape index (κ1) is 5.22. The molecule has 0 unspecified atom stereocenters. The van der Waals surface area contributed by atoms with E-state index in [1.165, 1.54) is 4.68 Å². The van der Waals surface area contributed by atoms with E-state index in [4.69, 9.17) is 5.84 Å². The van der Waals surface area contributed by atoms with Crippen LogP contribution in [0.4, 0.5) is 0 Å². The van der Waals surface area contributed by atoms with Crippen LogP contribution in [-0.4, -0.2) is 14.6 Å². The fourth-order valence-corrected chi connectivity index (χ4v) is 0.852. The van der Waals surface area contributed by atoms with Crippen LogP contribution in [0.5, 0.6) is 0 Å². The lowest BCUT2D eigenvalue weighted by Gasteiger charge is -1.98. The summed E-state index contributed by atoms with van der Waals surface area (Å²) in [6.45, 7) is 0. The minimum absolute atomic E-state index is 0.824. The molecule has 0 fully saturated rings. The van der Waals surface area contributed by atoms with Gasteiger partial charge in [-0.1, -0.05) is 0 Å². The molecule has 2 aliphatic heterocycles. The van der Waals surface area contributed by atoms with E-state index in [9.17, 15) is 0 Å². The highest BCUT2D eigenvalue weighted by molar-refractivity contribution is 5.53. The smallest absolute Gasteiger partial charge is 0.114 e. The van der Waals surface area contributed by atoms with Gasteiger partial charge in [-0.3, -0.25) is 9.66 Å². The van der Waals surface area contributed by atoms with Crippen LogP contribution in [0, 0.1) is 0 Å². The average molecular weight is 134 g/mol. The Bertz CT molecular complexity index is 314. The predicted octanol–water partition coefficient (Wildman–Crippen LogP) is 0.0967. The van der Waals surface area contributed by atoms with E-state index in [-0.39, 0.29) is 0 Å². The Balaban J connectivity index is 2.75. The average Bonchev–Trinajstić information content (AvgIpc) is 2.33. The second-order valence-corrected chi connectivity index (χ2v) is 2.04. The van der Waals surface area contributed by atoms with Crippen LogP contribution in [0.15, 0.2) is 24.8 Å². The fraction of sp³-hybridized carbons (Fsp3) is 0. The van der Waals surface area contributed by atoms with Crippen LogP contribution >= 0.6 is 0 Å². The number of aromatic nitrogens is 3. The van der Waals surface area contributed by atoms with E-state index in [1.807, 2.05) is 6.07 Å². The van der Waals surface area contributed by atoms with Crippen molar-refractivity contribution in [2.24, 2.45) is 0 Å². The van der Waals surface area contributed by atoms with Crippen LogP contribution < -0.4 is 5.84 Å². The molecule has 2 aliphatic rings. The van der Waals surface area contributed by atoms with E-state index < -0.39 is 0 Å². The molecule has 0 aromatic carbocycles. The Morgan fingerprint density at radius 1 is 1.30 bits per heavy atom. The molecule has 0 saturated carbocycles. The summed E-state index contributed by atoms with van der Waals surface area (Å²) < 4.78 is 1.38. The van der Waals surface area contributed by atoms with Crippen LogP contribution in [0.1, 0.15) is 0 Å². The summed E-state index contributed by atoms with van der Waals surface area (Å²) in [6, 6.07) is 1.84. The minimum Gasteiger partial charge on any atom is -0.338 e. The number of rotatable bonds is 0. The molecular formula is C6H6N4. The lowest BCUT2D eigenvalue weighted by Crippen LogP contribution is -2.09. The van der Waals surface area contributed by atoms with E-state index >= 15 is 0 Å². The summed E-state index contributed by atoms with van der Waals surface area (Å²) in [5.41, 5.74) is 1.70. The standard InChI is InChI=1S/C6H6N4/c7-10-3-6-5(9-4-10)1-2-8-6/h1-4H,7H2. The van der Waals surface area contributed by atoms with E-state index in [1.54, 1.807) is 18.7 Å². The van der Waals surface area contributed by atoms with Gasteiger partial charge >= 0.3 is 0 Å². The van der Waals surface area contributed by atoms with Crippen molar-refractivity contribution >= 4 is 0 Å². The van der Waals surface area contributed by atoms with Gasteiger partial charge in [0.1, 0.15) is 12.0 Å². The molecule has 0 radical (unpaired) electrons. The summed E-state index contributed by atoms with van der Waals surface area (Å²) in [4.78, 5) is 8.03. The van der Waals surface area contributed by atoms with Gasteiger partial charge in [0, 0.05) is 6.20 Å². The van der Waals surface area contributed by atoms with Crippen molar-refractivity contribution in [2.45, 2.75) is 0 Å². The lowest BCUT2D eigenvalue weighted by atomic mass is 10.3. The predicted molar refractivity (Wildman–Crippen MR) is 36.8 cm³/mol. The maximum atomic E-state index is 5.40. The number of hydrogen-bond donors (Lipinski definition) is 1. The third-order valence-corrected chi connectivity index (χ3v) is 1.31. The summed E-state index contributed by atoms with van der Waals surface area (Å²) in [5.74, 6) is 5.40.